The summed E-state index contributed by atoms with van der Waals surface area (Å²) < 4.78 is 4.83. The Hall–Kier alpha value is -4.36. The van der Waals surface area contributed by atoms with Crippen LogP contribution >= 0.6 is 0 Å². The highest BCUT2D eigenvalue weighted by Crippen LogP contribution is 2.54. The number of Topliss-reactive ketones (excluding diaryl/α,β-unsaturated/α-hetero) is 2. The number of carbonyl (C=O) groups is 4. The molecule has 0 radical (unpaired) electrons. The lowest BCUT2D eigenvalue weighted by Gasteiger charge is -2.50. The molecule has 2 amide bonds. The van der Waals surface area contributed by atoms with E-state index in [4.69, 9.17) is 10.5 Å². The van der Waals surface area contributed by atoms with Crippen molar-refractivity contribution in [1.29, 1.82) is 0 Å². The highest BCUT2D eigenvalue weighted by Gasteiger charge is 2.64. The van der Waals surface area contributed by atoms with Gasteiger partial charge in [-0.15, -0.1) is 6.58 Å². The molecule has 1 fully saturated rings. The van der Waals surface area contributed by atoms with E-state index in [1.54, 1.807) is 39.2 Å². The van der Waals surface area contributed by atoms with E-state index in [0.717, 1.165) is 0 Å². The summed E-state index contributed by atoms with van der Waals surface area (Å²) in [6, 6.07) is 0.508. The number of hydrogen-bond acceptors (Lipinski definition) is 11. The fourth-order valence-electron chi connectivity index (χ4n) is 6.56. The Morgan fingerprint density at radius 2 is 1.81 bits per heavy atom. The molecule has 6 N–H and O–H groups in total. The molecule has 234 valence electrons. The number of aliphatic hydroxyl groups is 3. The highest BCUT2D eigenvalue weighted by molar-refractivity contribution is 6.24. The van der Waals surface area contributed by atoms with Gasteiger partial charge in [0.25, 0.3) is 5.91 Å². The molecule has 13 heteroatoms. The van der Waals surface area contributed by atoms with Crippen LogP contribution < -0.4 is 10.6 Å². The van der Waals surface area contributed by atoms with Gasteiger partial charge < -0.3 is 40.7 Å². The maximum absolute atomic E-state index is 14.1. The number of carbonyl (C=O) groups excluding carboxylic acids is 4. The zero-order valence-corrected chi connectivity index (χ0v) is 24.2. The van der Waals surface area contributed by atoms with Crippen molar-refractivity contribution in [2.24, 2.45) is 17.6 Å². The molecular formula is C30H40N4O9. The molecule has 0 unspecified atom stereocenters. The molecular weight excluding hydrogens is 560 g/mol. The molecule has 3 aliphatic rings. The number of amides is 2. The van der Waals surface area contributed by atoms with E-state index in [-0.39, 0.29) is 55.8 Å². The van der Waals surface area contributed by atoms with Crippen LogP contribution in [0.5, 0.6) is 5.75 Å². The second-order valence-corrected chi connectivity index (χ2v) is 11.3. The number of methoxy groups -OCH3 is 1. The van der Waals surface area contributed by atoms with Crippen LogP contribution in [0, 0.1) is 11.8 Å². The predicted octanol–water partition coefficient (Wildman–Crippen LogP) is 1.42. The van der Waals surface area contributed by atoms with Gasteiger partial charge in [-0.05, 0) is 44.5 Å². The molecule has 43 heavy (non-hydrogen) atoms. The second-order valence-electron chi connectivity index (χ2n) is 11.3. The average molecular weight is 601 g/mol. The van der Waals surface area contributed by atoms with E-state index in [0.29, 0.717) is 11.3 Å². The number of nitrogens with two attached hydrogens (primary N) is 1. The third kappa shape index (κ3) is 4.91. The van der Waals surface area contributed by atoms with Crippen molar-refractivity contribution >= 4 is 35.0 Å². The van der Waals surface area contributed by atoms with Crippen molar-refractivity contribution in [3.05, 3.63) is 52.3 Å². The van der Waals surface area contributed by atoms with Gasteiger partial charge in [0, 0.05) is 43.4 Å². The van der Waals surface area contributed by atoms with Crippen LogP contribution in [0.3, 0.4) is 0 Å². The molecule has 13 nitrogen and oxygen atoms in total. The topological polar surface area (TPSA) is 194 Å². The first-order chi connectivity index (χ1) is 19.6. The van der Waals surface area contributed by atoms with E-state index >= 15 is 0 Å². The summed E-state index contributed by atoms with van der Waals surface area (Å²) in [5, 5.41) is 45.8. The predicted molar refractivity (Wildman–Crippen MR) is 158 cm³/mol. The third-order valence-corrected chi connectivity index (χ3v) is 8.40. The Balaban J connectivity index is 0.00000506. The molecule has 0 aliphatic heterocycles. The van der Waals surface area contributed by atoms with Gasteiger partial charge in [-0.3, -0.25) is 19.3 Å². The number of ether oxygens (including phenoxy) is 1. The van der Waals surface area contributed by atoms with Crippen molar-refractivity contribution < 1.29 is 44.3 Å². The number of anilines is 1. The van der Waals surface area contributed by atoms with Crippen LogP contribution in [0.4, 0.5) is 10.5 Å². The molecule has 0 bridgehead atoms. The molecule has 1 aromatic carbocycles. The van der Waals surface area contributed by atoms with Crippen LogP contribution in [-0.4, -0.2) is 107 Å². The van der Waals surface area contributed by atoms with Crippen molar-refractivity contribution in [3.8, 4) is 5.75 Å². The minimum absolute atomic E-state index is 0. The average Bonchev–Trinajstić information content (AvgIpc) is 2.90. The zero-order valence-electron chi connectivity index (χ0n) is 24.2. The summed E-state index contributed by atoms with van der Waals surface area (Å²) in [4.78, 5) is 56.3. The van der Waals surface area contributed by atoms with Crippen molar-refractivity contribution in [1.82, 2.24) is 9.80 Å². The number of aromatic hydroxyl groups is 1. The molecule has 3 aliphatic carbocycles. The molecule has 0 heterocycles. The first kappa shape index (κ1) is 33.1. The number of rotatable bonds is 7. The fourth-order valence-corrected chi connectivity index (χ4v) is 6.56. The van der Waals surface area contributed by atoms with Gasteiger partial charge in [0.05, 0.1) is 25.3 Å². The van der Waals surface area contributed by atoms with Crippen LogP contribution in [0.1, 0.15) is 30.5 Å². The number of primary amides is 1. The summed E-state index contributed by atoms with van der Waals surface area (Å²) in [7, 11) is 7.82. The Kier molecular flexibility index (Phi) is 9.04. The molecule has 0 spiro atoms. The normalized spacial score (nSPS) is 24.5. The Bertz CT molecular complexity index is 1460. The lowest BCUT2D eigenvalue weighted by Crippen LogP contribution is -2.65. The van der Waals surface area contributed by atoms with Gasteiger partial charge in [-0.25, -0.2) is 4.79 Å². The van der Waals surface area contributed by atoms with Crippen molar-refractivity contribution in [3.63, 3.8) is 0 Å². The maximum atomic E-state index is 14.1. The first-order valence-electron chi connectivity index (χ1n) is 13.3. The number of phenols is 1. The minimum Gasteiger partial charge on any atom is -0.508 e. The van der Waals surface area contributed by atoms with Crippen molar-refractivity contribution in [2.75, 3.05) is 46.7 Å². The molecule has 4 atom stereocenters. The number of benzene rings is 1. The summed E-state index contributed by atoms with van der Waals surface area (Å²) in [5.74, 6) is -7.23. The standard InChI is InChI=1S/C29H36N4O9.CH4/c1-7-8-33(28(40)42-6)12-14-11-17(31(2)3)15-9-13-10-16-21(32(4)5)24(36)20(27(30)39)26(38)29(16,41)25(37)18(13)23(35)19(15)22(14)34;/h7,11,13,16,21,34-35,38,41H,1,8-10,12H2,2-6H3,(H2,30,39);1H4/t13-,16-,21-,29-;/m0./s1. The molecule has 1 saturated carbocycles. The Labute approximate surface area is 250 Å². The number of phenolic OH excluding ortho intramolecular Hbond substituents is 1. The first-order valence-corrected chi connectivity index (χ1v) is 13.3. The molecule has 4 rings (SSSR count). The Morgan fingerprint density at radius 3 is 2.33 bits per heavy atom. The maximum Gasteiger partial charge on any atom is 0.410 e. The Morgan fingerprint density at radius 1 is 1.19 bits per heavy atom. The molecule has 1 aromatic rings. The summed E-state index contributed by atoms with van der Waals surface area (Å²) in [6.45, 7) is 3.62. The van der Waals surface area contributed by atoms with Gasteiger partial charge in [-0.1, -0.05) is 13.5 Å². The molecule has 0 aromatic heterocycles. The monoisotopic (exact) mass is 600 g/mol. The van der Waals surface area contributed by atoms with Crippen LogP contribution in [-0.2, 0) is 32.1 Å². The van der Waals surface area contributed by atoms with Gasteiger partial charge in [0.2, 0.25) is 5.78 Å². The van der Waals surface area contributed by atoms with E-state index in [9.17, 15) is 39.6 Å². The van der Waals surface area contributed by atoms with Crippen molar-refractivity contribution in [2.45, 2.75) is 38.5 Å². The van der Waals surface area contributed by atoms with Gasteiger partial charge in [-0.2, -0.15) is 0 Å². The SMILES string of the molecule is C.C=CCN(Cc1cc(N(C)C)c2c(c1O)C(O)=C1C(=O)[C@]3(O)C(O)=C(C(N)=O)C(=O)[C@@H](N(C)C)[C@@H]3C[C@@H]1C2)C(=O)OC. The van der Waals surface area contributed by atoms with E-state index < -0.39 is 64.1 Å². The van der Waals surface area contributed by atoms with Gasteiger partial charge in [0.1, 0.15) is 22.8 Å². The van der Waals surface area contributed by atoms with Crippen LogP contribution in [0.25, 0.3) is 5.76 Å². The van der Waals surface area contributed by atoms with E-state index in [1.807, 2.05) is 0 Å². The lowest BCUT2D eigenvalue weighted by atomic mass is 9.57. The molecule has 0 saturated heterocycles. The largest absolute Gasteiger partial charge is 0.508 e. The summed E-state index contributed by atoms with van der Waals surface area (Å²) in [6.07, 6.45) is 0.934. The van der Waals surface area contributed by atoms with Gasteiger partial charge >= 0.3 is 6.09 Å². The number of likely N-dealkylation sites (N-methyl/N-ethyl adjacent to an activating group) is 1. The quantitative estimate of drug-likeness (QED) is 0.224. The summed E-state index contributed by atoms with van der Waals surface area (Å²) in [5.41, 5.74) is 2.81. The number of hydrogen-bond donors (Lipinski definition) is 5. The lowest BCUT2D eigenvalue weighted by molar-refractivity contribution is -0.153. The summed E-state index contributed by atoms with van der Waals surface area (Å²) >= 11 is 0. The number of aliphatic hydroxyl groups excluding tert-OH is 2. The third-order valence-electron chi connectivity index (χ3n) is 8.40. The van der Waals surface area contributed by atoms with Crippen LogP contribution in [0.2, 0.25) is 0 Å². The highest BCUT2D eigenvalue weighted by atomic mass is 16.5. The zero-order chi connectivity index (χ0) is 31.4. The second kappa shape index (κ2) is 11.7. The number of nitrogens with zero attached hydrogens (tertiary/aromatic N) is 3. The minimum atomic E-state index is -2.73. The number of fused-ring (bicyclic) bond motifs is 3. The fraction of sp³-hybridized carbons (Fsp3) is 0.467. The van der Waals surface area contributed by atoms with Crippen LogP contribution in [0.15, 0.2) is 35.6 Å². The van der Waals surface area contributed by atoms with Gasteiger partial charge in [0.15, 0.2) is 11.4 Å². The van der Waals surface area contributed by atoms with E-state index in [2.05, 4.69) is 6.58 Å². The van der Waals surface area contributed by atoms with E-state index in [1.165, 1.54) is 23.0 Å². The number of ketones is 2. The smallest absolute Gasteiger partial charge is 0.410 e.